The van der Waals surface area contributed by atoms with Gasteiger partial charge in [-0.05, 0) is 31.2 Å². The van der Waals surface area contributed by atoms with Crippen LogP contribution in [0.1, 0.15) is 19.0 Å². The van der Waals surface area contributed by atoms with Crippen LogP contribution < -0.4 is 5.73 Å². The lowest BCUT2D eigenvalue weighted by Gasteiger charge is -2.02. The first kappa shape index (κ1) is 12.7. The average molecular weight is 270 g/mol. The van der Waals surface area contributed by atoms with Crippen molar-refractivity contribution in [3.8, 4) is 0 Å². The first-order valence-electron chi connectivity index (χ1n) is 5.61. The number of fused-ring (bicyclic) bond motifs is 1. The van der Waals surface area contributed by atoms with Crippen LogP contribution in [-0.2, 0) is 5.75 Å². The molecule has 0 amide bonds. The maximum atomic E-state index is 5.92. The molecule has 0 aliphatic rings. The molecule has 0 saturated carbocycles. The molecule has 2 N–H and O–H groups in total. The number of thioether (sulfide) groups is 1. The van der Waals surface area contributed by atoms with Crippen molar-refractivity contribution in [1.29, 1.82) is 0 Å². The molecule has 3 nitrogen and oxygen atoms in total. The summed E-state index contributed by atoms with van der Waals surface area (Å²) >= 11 is 7.79. The number of nitrogens with two attached hydrogens (primary N) is 1. The van der Waals surface area contributed by atoms with Crippen LogP contribution in [0.3, 0.4) is 0 Å². The molecular weight excluding hydrogens is 254 g/mol. The minimum Gasteiger partial charge on any atom is -0.328 e. The molecular formula is C12H16ClN3S. The van der Waals surface area contributed by atoms with E-state index < -0.39 is 0 Å². The van der Waals surface area contributed by atoms with Crippen LogP contribution in [0.2, 0.25) is 5.02 Å². The van der Waals surface area contributed by atoms with Gasteiger partial charge in [0.05, 0.1) is 10.7 Å². The quantitative estimate of drug-likeness (QED) is 0.849. The topological polar surface area (TPSA) is 43.3 Å². The Labute approximate surface area is 110 Å². The van der Waals surface area contributed by atoms with Crippen molar-refractivity contribution >= 4 is 29.0 Å². The normalized spacial score (nSPS) is 13.1. The molecule has 0 aliphatic heterocycles. The number of nitrogens with zero attached hydrogens (tertiary/aromatic N) is 2. The number of rotatable bonds is 5. The predicted molar refractivity (Wildman–Crippen MR) is 74.6 cm³/mol. The van der Waals surface area contributed by atoms with E-state index in [2.05, 4.69) is 4.98 Å². The Kier molecular flexibility index (Phi) is 4.31. The van der Waals surface area contributed by atoms with Gasteiger partial charge in [0, 0.05) is 24.2 Å². The van der Waals surface area contributed by atoms with Crippen LogP contribution in [0.25, 0.3) is 5.65 Å². The fraction of sp³-hybridized carbons (Fsp3) is 0.417. The summed E-state index contributed by atoms with van der Waals surface area (Å²) < 4.78 is 1.96. The molecule has 92 valence electrons. The number of imidazole rings is 1. The first-order valence-corrected chi connectivity index (χ1v) is 7.15. The smallest absolute Gasteiger partial charge is 0.137 e. The third-order valence-corrected chi connectivity index (χ3v) is 3.68. The molecule has 1 atom stereocenters. The largest absolute Gasteiger partial charge is 0.328 e. The van der Waals surface area contributed by atoms with Crippen molar-refractivity contribution in [3.63, 3.8) is 0 Å². The minimum absolute atomic E-state index is 0.280. The molecule has 5 heteroatoms. The SMILES string of the molecule is CC(N)CCSCc1cn2cc(Cl)ccc2n1. The van der Waals surface area contributed by atoms with Crippen molar-refractivity contribution in [2.45, 2.75) is 25.1 Å². The Bertz CT molecular complexity index is 495. The summed E-state index contributed by atoms with van der Waals surface area (Å²) in [5.41, 5.74) is 7.73. The summed E-state index contributed by atoms with van der Waals surface area (Å²) in [6, 6.07) is 4.07. The summed E-state index contributed by atoms with van der Waals surface area (Å²) in [4.78, 5) is 4.52. The van der Waals surface area contributed by atoms with Gasteiger partial charge in [0.15, 0.2) is 0 Å². The molecule has 0 aromatic carbocycles. The monoisotopic (exact) mass is 269 g/mol. The zero-order chi connectivity index (χ0) is 12.3. The highest BCUT2D eigenvalue weighted by Gasteiger charge is 2.02. The second-order valence-electron chi connectivity index (χ2n) is 4.16. The standard InChI is InChI=1S/C12H16ClN3S/c1-9(14)4-5-17-8-11-7-16-6-10(13)2-3-12(16)15-11/h2-3,6-7,9H,4-5,8,14H2,1H3. The summed E-state index contributed by atoms with van der Waals surface area (Å²) in [6.45, 7) is 2.04. The summed E-state index contributed by atoms with van der Waals surface area (Å²) in [7, 11) is 0. The molecule has 0 bridgehead atoms. The van der Waals surface area contributed by atoms with E-state index in [9.17, 15) is 0 Å². The molecule has 2 rings (SSSR count). The summed E-state index contributed by atoms with van der Waals surface area (Å²) in [5, 5.41) is 0.728. The number of hydrogen-bond acceptors (Lipinski definition) is 3. The number of pyridine rings is 1. The summed E-state index contributed by atoms with van der Waals surface area (Å²) in [5.74, 6) is 2.00. The van der Waals surface area contributed by atoms with Crippen molar-refractivity contribution in [1.82, 2.24) is 9.38 Å². The Balaban J connectivity index is 1.95. The lowest BCUT2D eigenvalue weighted by molar-refractivity contribution is 0.721. The lowest BCUT2D eigenvalue weighted by Crippen LogP contribution is -2.15. The van der Waals surface area contributed by atoms with Gasteiger partial charge in [-0.3, -0.25) is 0 Å². The van der Waals surface area contributed by atoms with E-state index in [0.717, 1.165) is 34.3 Å². The molecule has 0 aliphatic carbocycles. The van der Waals surface area contributed by atoms with E-state index in [1.54, 1.807) is 0 Å². The number of hydrogen-bond donors (Lipinski definition) is 1. The molecule has 0 fully saturated rings. The van der Waals surface area contributed by atoms with E-state index in [-0.39, 0.29) is 6.04 Å². The number of aromatic nitrogens is 2. The number of halogens is 1. The van der Waals surface area contributed by atoms with Gasteiger partial charge in [0.25, 0.3) is 0 Å². The highest BCUT2D eigenvalue weighted by atomic mass is 35.5. The lowest BCUT2D eigenvalue weighted by atomic mass is 10.3. The molecule has 2 aromatic rings. The highest BCUT2D eigenvalue weighted by Crippen LogP contribution is 2.16. The zero-order valence-corrected chi connectivity index (χ0v) is 11.3. The van der Waals surface area contributed by atoms with Crippen molar-refractivity contribution in [3.05, 3.63) is 35.2 Å². The highest BCUT2D eigenvalue weighted by molar-refractivity contribution is 7.98. The predicted octanol–water partition coefficient (Wildman–Crippen LogP) is 2.96. The van der Waals surface area contributed by atoms with Gasteiger partial charge >= 0.3 is 0 Å². The van der Waals surface area contributed by atoms with E-state index >= 15 is 0 Å². The van der Waals surface area contributed by atoms with Gasteiger partial charge in [-0.2, -0.15) is 11.8 Å². The third-order valence-electron chi connectivity index (χ3n) is 2.43. The van der Waals surface area contributed by atoms with Crippen LogP contribution in [0.5, 0.6) is 0 Å². The second-order valence-corrected chi connectivity index (χ2v) is 5.71. The molecule has 0 saturated heterocycles. The second kappa shape index (κ2) is 5.76. The van der Waals surface area contributed by atoms with Crippen LogP contribution in [-0.4, -0.2) is 21.2 Å². The van der Waals surface area contributed by atoms with Crippen LogP contribution in [0, 0.1) is 0 Å². The summed E-state index contributed by atoms with van der Waals surface area (Å²) in [6.07, 6.45) is 4.95. The average Bonchev–Trinajstić information content (AvgIpc) is 2.66. The van der Waals surface area contributed by atoms with Gasteiger partial charge in [-0.15, -0.1) is 0 Å². The Hall–Kier alpha value is -0.710. The fourth-order valence-electron chi connectivity index (χ4n) is 1.53. The molecule has 2 aromatic heterocycles. The fourth-order valence-corrected chi connectivity index (χ4v) is 2.73. The van der Waals surface area contributed by atoms with Gasteiger partial charge in [-0.25, -0.2) is 4.98 Å². The van der Waals surface area contributed by atoms with Crippen molar-refractivity contribution in [2.24, 2.45) is 5.73 Å². The molecule has 2 heterocycles. The van der Waals surface area contributed by atoms with Gasteiger partial charge in [0.2, 0.25) is 0 Å². The van der Waals surface area contributed by atoms with Crippen LogP contribution in [0.4, 0.5) is 0 Å². The van der Waals surface area contributed by atoms with Crippen LogP contribution in [0.15, 0.2) is 24.5 Å². The van der Waals surface area contributed by atoms with Crippen molar-refractivity contribution in [2.75, 3.05) is 5.75 Å². The van der Waals surface area contributed by atoms with E-state index in [4.69, 9.17) is 17.3 Å². The van der Waals surface area contributed by atoms with Gasteiger partial charge in [-0.1, -0.05) is 11.6 Å². The van der Waals surface area contributed by atoms with E-state index in [1.807, 2.05) is 47.6 Å². The molecule has 0 spiro atoms. The van der Waals surface area contributed by atoms with E-state index in [1.165, 1.54) is 0 Å². The molecule has 0 radical (unpaired) electrons. The van der Waals surface area contributed by atoms with Gasteiger partial charge in [0.1, 0.15) is 5.65 Å². The Morgan fingerprint density at radius 3 is 3.06 bits per heavy atom. The minimum atomic E-state index is 0.280. The zero-order valence-electron chi connectivity index (χ0n) is 9.77. The van der Waals surface area contributed by atoms with Crippen LogP contribution >= 0.6 is 23.4 Å². The first-order chi connectivity index (χ1) is 8.15. The van der Waals surface area contributed by atoms with Gasteiger partial charge < -0.3 is 10.1 Å². The maximum Gasteiger partial charge on any atom is 0.137 e. The molecule has 1 unspecified atom stereocenters. The third kappa shape index (κ3) is 3.63. The maximum absolute atomic E-state index is 5.92. The molecule has 17 heavy (non-hydrogen) atoms. The van der Waals surface area contributed by atoms with E-state index in [0.29, 0.717) is 0 Å². The Morgan fingerprint density at radius 1 is 1.47 bits per heavy atom. The Morgan fingerprint density at radius 2 is 2.29 bits per heavy atom. The van der Waals surface area contributed by atoms with Crippen molar-refractivity contribution < 1.29 is 0 Å².